The third kappa shape index (κ3) is 10.6. The van der Waals surface area contributed by atoms with Crippen LogP contribution in [0.3, 0.4) is 0 Å². The van der Waals surface area contributed by atoms with E-state index in [2.05, 4.69) is 99.6 Å². The lowest BCUT2D eigenvalue weighted by atomic mass is 9.77. The van der Waals surface area contributed by atoms with Crippen LogP contribution in [0.5, 0.6) is 0 Å². The molecular formula is C49H69BN6O8. The third-order valence-corrected chi connectivity index (χ3v) is 13.3. The van der Waals surface area contributed by atoms with Gasteiger partial charge in [0, 0.05) is 69.4 Å². The molecule has 0 unspecified atom stereocenters. The summed E-state index contributed by atoms with van der Waals surface area (Å²) in [7, 11) is 1.16. The Kier molecular flexibility index (Phi) is 14.5. The molecule has 3 fully saturated rings. The monoisotopic (exact) mass is 881 g/mol. The molecule has 2 N–H and O–H groups in total. The van der Waals surface area contributed by atoms with Crippen LogP contribution in [0.4, 0.5) is 10.5 Å². The highest BCUT2D eigenvalue weighted by atomic mass is 16.7. The number of nitrogens with one attached hydrogen (secondary N) is 1. The van der Waals surface area contributed by atoms with Crippen molar-refractivity contribution >= 4 is 41.2 Å². The molecule has 3 aliphatic heterocycles. The van der Waals surface area contributed by atoms with Gasteiger partial charge in [-0.05, 0) is 102 Å². The molecule has 4 aromatic rings. The van der Waals surface area contributed by atoms with Crippen molar-refractivity contribution in [3.8, 4) is 11.3 Å². The van der Waals surface area contributed by atoms with E-state index >= 15 is 0 Å². The lowest BCUT2D eigenvalue weighted by molar-refractivity contribution is -0.142. The van der Waals surface area contributed by atoms with Gasteiger partial charge < -0.3 is 43.0 Å². The number of rotatable bonds is 16. The minimum atomic E-state index is -0.830. The first-order chi connectivity index (χ1) is 30.4. The highest BCUT2D eigenvalue weighted by Crippen LogP contribution is 2.43. The number of anilines is 1. The number of ether oxygens (including phenoxy) is 3. The van der Waals surface area contributed by atoms with Crippen molar-refractivity contribution in [2.24, 2.45) is 5.41 Å². The molecule has 0 radical (unpaired) electrons. The van der Waals surface area contributed by atoms with Gasteiger partial charge >= 0.3 is 19.2 Å². The fourth-order valence-corrected chi connectivity index (χ4v) is 9.08. The molecule has 64 heavy (non-hydrogen) atoms. The van der Waals surface area contributed by atoms with Crippen LogP contribution >= 0.6 is 0 Å². The van der Waals surface area contributed by atoms with Crippen LogP contribution in [-0.4, -0.2) is 120 Å². The number of nitrogens with zero attached hydrogens (tertiary/aromatic N) is 5. The predicted octanol–water partition coefficient (Wildman–Crippen LogP) is 7.22. The van der Waals surface area contributed by atoms with Crippen molar-refractivity contribution < 1.29 is 38.2 Å². The lowest BCUT2D eigenvalue weighted by Gasteiger charge is -2.38. The number of pyridine rings is 1. The number of hydrazine groups is 1. The van der Waals surface area contributed by atoms with Crippen LogP contribution < -0.4 is 15.8 Å². The zero-order valence-corrected chi connectivity index (χ0v) is 39.6. The summed E-state index contributed by atoms with van der Waals surface area (Å²) in [5.74, 6) is -0.830. The molecule has 2 aromatic carbocycles. The van der Waals surface area contributed by atoms with Gasteiger partial charge in [-0.2, -0.15) is 0 Å². The van der Waals surface area contributed by atoms with Gasteiger partial charge in [0.1, 0.15) is 12.6 Å². The number of aromatic nitrogens is 2. The van der Waals surface area contributed by atoms with E-state index < -0.39 is 30.3 Å². The highest BCUT2D eigenvalue weighted by Gasteiger charge is 2.52. The molecule has 1 amide bonds. The van der Waals surface area contributed by atoms with Gasteiger partial charge in [0.25, 0.3) is 0 Å². The number of carboxylic acid groups (broad SMARTS) is 1. The maximum Gasteiger partial charge on any atom is 0.494 e. The molecular weight excluding hydrogens is 811 g/mol. The molecule has 0 bridgehead atoms. The largest absolute Gasteiger partial charge is 0.494 e. The quantitative estimate of drug-likeness (QED) is 0.110. The Labute approximate surface area is 379 Å². The molecule has 3 aliphatic rings. The molecule has 346 valence electrons. The van der Waals surface area contributed by atoms with Gasteiger partial charge in [0.05, 0.1) is 53.3 Å². The second-order valence-corrected chi connectivity index (χ2v) is 19.7. The summed E-state index contributed by atoms with van der Waals surface area (Å²) in [6.07, 6.45) is 3.39. The molecule has 15 heteroatoms. The summed E-state index contributed by atoms with van der Waals surface area (Å²) < 4.78 is 33.6. The average molecular weight is 881 g/mol. The number of piperazine rings is 1. The predicted molar refractivity (Wildman–Crippen MR) is 251 cm³/mol. The zero-order chi connectivity index (χ0) is 46.0. The molecule has 2 aromatic heterocycles. The van der Waals surface area contributed by atoms with Gasteiger partial charge in [-0.25, -0.2) is 15.2 Å². The van der Waals surface area contributed by atoms with Crippen LogP contribution in [0.15, 0.2) is 60.8 Å². The smallest absolute Gasteiger partial charge is 0.480 e. The molecule has 2 atom stereocenters. The first-order valence-corrected chi connectivity index (χ1v) is 23.0. The minimum Gasteiger partial charge on any atom is -0.480 e. The Bertz CT molecular complexity index is 2240. The number of amides is 1. The van der Waals surface area contributed by atoms with Crippen LogP contribution in [0, 0.1) is 5.41 Å². The Morgan fingerprint density at radius 1 is 0.984 bits per heavy atom. The first-order valence-electron chi connectivity index (χ1n) is 23.0. The molecule has 0 spiro atoms. The number of methoxy groups -OCH3 is 1. The number of carboxylic acids is 1. The van der Waals surface area contributed by atoms with E-state index in [1.165, 1.54) is 0 Å². The van der Waals surface area contributed by atoms with E-state index in [0.717, 1.165) is 63.1 Å². The minimum absolute atomic E-state index is 0.0497. The van der Waals surface area contributed by atoms with Crippen molar-refractivity contribution in [3.63, 3.8) is 0 Å². The van der Waals surface area contributed by atoms with E-state index in [0.29, 0.717) is 58.7 Å². The highest BCUT2D eigenvalue weighted by molar-refractivity contribution is 6.62. The summed E-state index contributed by atoms with van der Waals surface area (Å²) >= 11 is 0. The SMILES string of the molecule is CO[C@@H](C)c1ncc(N2CCN(C(=O)OCc3ccccc3)CC2)cc1-c1c(CC(C)(C)CN2CCC[C@@H](C(=O)O)N2)c2cc(B3OC(C)(C)C(C)(C)O3)ccc2n1CCOC(C)C. The molecule has 5 heterocycles. The summed E-state index contributed by atoms with van der Waals surface area (Å²) in [6.45, 7) is 23.9. The number of benzene rings is 2. The number of hydrogen-bond donors (Lipinski definition) is 2. The van der Waals surface area contributed by atoms with E-state index in [1.54, 1.807) is 12.0 Å². The molecule has 14 nitrogen and oxygen atoms in total. The van der Waals surface area contributed by atoms with Gasteiger partial charge in [0.2, 0.25) is 0 Å². The lowest BCUT2D eigenvalue weighted by Crippen LogP contribution is -2.55. The summed E-state index contributed by atoms with van der Waals surface area (Å²) in [6, 6.07) is 17.9. The fourth-order valence-electron chi connectivity index (χ4n) is 9.08. The van der Waals surface area contributed by atoms with Crippen LogP contribution in [0.1, 0.15) is 98.1 Å². The molecule has 0 saturated carbocycles. The van der Waals surface area contributed by atoms with E-state index in [-0.39, 0.29) is 30.3 Å². The third-order valence-electron chi connectivity index (χ3n) is 13.3. The standard InChI is InChI=1S/C49H69BN6O8/c1-33(2)61-26-25-56-42-19-18-36(50-63-48(6,7)49(8,9)64-50)27-38(42)40(29-47(4,5)32-55-20-14-17-41(52-55)45(57)58)44(56)39-28-37(30-51-43(39)34(3)60-10)53-21-23-54(24-22-53)46(59)62-31-35-15-12-11-13-16-35/h11-13,15-16,18-19,27-28,30,33-34,41,52H,14,17,20-26,29,31-32H2,1-10H3,(H,57,58)/t34-,41-/m0/s1. The van der Waals surface area contributed by atoms with E-state index in [1.807, 2.05) is 43.5 Å². The normalized spacial score (nSPS) is 19.7. The van der Waals surface area contributed by atoms with E-state index in [4.69, 9.17) is 28.5 Å². The maximum atomic E-state index is 13.1. The van der Waals surface area contributed by atoms with Crippen molar-refractivity contribution in [1.82, 2.24) is 24.9 Å². The van der Waals surface area contributed by atoms with Crippen molar-refractivity contribution in [1.29, 1.82) is 0 Å². The Morgan fingerprint density at radius 3 is 2.34 bits per heavy atom. The first kappa shape index (κ1) is 47.5. The summed E-state index contributed by atoms with van der Waals surface area (Å²) in [5, 5.41) is 13.1. The number of carbonyl (C=O) groups excluding carboxylic acids is 1. The number of hydrogen-bond acceptors (Lipinski definition) is 11. The van der Waals surface area contributed by atoms with Gasteiger partial charge in [0.15, 0.2) is 0 Å². The Morgan fingerprint density at radius 2 is 1.69 bits per heavy atom. The maximum absolute atomic E-state index is 13.1. The number of fused-ring (bicyclic) bond motifs is 1. The molecule has 0 aliphatic carbocycles. The van der Waals surface area contributed by atoms with Crippen molar-refractivity contribution in [2.75, 3.05) is 57.9 Å². The Balaban J connectivity index is 1.31. The second kappa shape index (κ2) is 19.5. The molecule has 3 saturated heterocycles. The van der Waals surface area contributed by atoms with Crippen LogP contribution in [-0.2, 0) is 47.9 Å². The van der Waals surface area contributed by atoms with Crippen molar-refractivity contribution in [2.45, 2.75) is 124 Å². The molecule has 7 rings (SSSR count). The topological polar surface area (TPSA) is 140 Å². The average Bonchev–Trinajstić information content (AvgIpc) is 3.68. The van der Waals surface area contributed by atoms with Gasteiger partial charge in [-0.1, -0.05) is 56.3 Å². The number of aliphatic carboxylic acids is 1. The second-order valence-electron chi connectivity index (χ2n) is 19.7. The van der Waals surface area contributed by atoms with E-state index in [9.17, 15) is 14.7 Å². The van der Waals surface area contributed by atoms with Crippen molar-refractivity contribution in [3.05, 3.63) is 77.6 Å². The summed E-state index contributed by atoms with van der Waals surface area (Å²) in [5.41, 5.74) is 9.81. The zero-order valence-electron chi connectivity index (χ0n) is 39.6. The van der Waals surface area contributed by atoms with Gasteiger partial charge in [-0.3, -0.25) is 9.78 Å². The summed E-state index contributed by atoms with van der Waals surface area (Å²) in [4.78, 5) is 34.5. The fraction of sp³-hybridized carbons (Fsp3) is 0.571. The number of carbonyl (C=O) groups is 2. The Hall–Kier alpha value is -4.51. The van der Waals surface area contributed by atoms with Gasteiger partial charge in [-0.15, -0.1) is 0 Å². The van der Waals surface area contributed by atoms with Crippen LogP contribution in [0.2, 0.25) is 0 Å². The van der Waals surface area contributed by atoms with Crippen LogP contribution in [0.25, 0.3) is 22.2 Å².